The van der Waals surface area contributed by atoms with Gasteiger partial charge in [0.05, 0.1) is 18.6 Å². The van der Waals surface area contributed by atoms with Gasteiger partial charge in [0, 0.05) is 37.8 Å². The fourth-order valence-electron chi connectivity index (χ4n) is 4.52. The molecule has 2 heterocycles. The number of carbonyl (C=O) groups excluding carboxylic acids is 2. The summed E-state index contributed by atoms with van der Waals surface area (Å²) in [5.74, 6) is -0.229. The van der Waals surface area contributed by atoms with Crippen molar-refractivity contribution in [3.63, 3.8) is 0 Å². The van der Waals surface area contributed by atoms with Crippen molar-refractivity contribution in [2.24, 2.45) is 0 Å². The van der Waals surface area contributed by atoms with Gasteiger partial charge in [-0.15, -0.1) is 0 Å². The van der Waals surface area contributed by atoms with Gasteiger partial charge in [-0.3, -0.25) is 9.69 Å². The lowest BCUT2D eigenvalue weighted by Gasteiger charge is -2.26. The van der Waals surface area contributed by atoms with Gasteiger partial charge in [0.25, 0.3) is 0 Å². The van der Waals surface area contributed by atoms with Crippen molar-refractivity contribution >= 4 is 12.1 Å². The molecule has 1 saturated heterocycles. The Kier molecular flexibility index (Phi) is 7.97. The SMILES string of the molecule is CCOC(=O)C(Cc1cn(C2CCCCC2)cn1)N1CC[C@H](NC(=O)OC(C)(C)C)C1. The predicted molar refractivity (Wildman–Crippen MR) is 118 cm³/mol. The lowest BCUT2D eigenvalue weighted by molar-refractivity contribution is -0.149. The number of hydrogen-bond acceptors (Lipinski definition) is 6. The summed E-state index contributed by atoms with van der Waals surface area (Å²) in [6, 6.07) is 0.0666. The smallest absolute Gasteiger partial charge is 0.407 e. The molecule has 1 aliphatic carbocycles. The van der Waals surface area contributed by atoms with Crippen molar-refractivity contribution in [3.8, 4) is 0 Å². The van der Waals surface area contributed by atoms with Gasteiger partial charge < -0.3 is 19.4 Å². The summed E-state index contributed by atoms with van der Waals surface area (Å²) >= 11 is 0. The molecule has 2 atom stereocenters. The molecule has 2 fully saturated rings. The van der Waals surface area contributed by atoms with E-state index in [1.54, 1.807) is 0 Å². The summed E-state index contributed by atoms with van der Waals surface area (Å²) in [5.41, 5.74) is 0.375. The maximum absolute atomic E-state index is 12.7. The first-order valence-electron chi connectivity index (χ1n) is 11.7. The molecule has 8 nitrogen and oxygen atoms in total. The largest absolute Gasteiger partial charge is 0.465 e. The van der Waals surface area contributed by atoms with Gasteiger partial charge in [-0.05, 0) is 47.0 Å². The summed E-state index contributed by atoms with van der Waals surface area (Å²) in [7, 11) is 0. The Bertz CT molecular complexity index is 736. The fraction of sp³-hybridized carbons (Fsp3) is 0.783. The van der Waals surface area contributed by atoms with Crippen LogP contribution in [-0.2, 0) is 20.7 Å². The van der Waals surface area contributed by atoms with Gasteiger partial charge in [0.1, 0.15) is 11.6 Å². The number of aromatic nitrogens is 2. The van der Waals surface area contributed by atoms with E-state index < -0.39 is 17.7 Å². The Morgan fingerprint density at radius 1 is 1.23 bits per heavy atom. The molecule has 3 rings (SSSR count). The second-order valence-electron chi connectivity index (χ2n) is 9.70. The number of esters is 1. The van der Waals surface area contributed by atoms with Crippen molar-refractivity contribution in [1.29, 1.82) is 0 Å². The Labute approximate surface area is 185 Å². The average molecular weight is 435 g/mol. The third kappa shape index (κ3) is 6.95. The molecule has 1 aromatic heterocycles. The van der Waals surface area contributed by atoms with Crippen LogP contribution in [0.1, 0.15) is 78.0 Å². The number of nitrogens with zero attached hydrogens (tertiary/aromatic N) is 3. The zero-order valence-electron chi connectivity index (χ0n) is 19.4. The fourth-order valence-corrected chi connectivity index (χ4v) is 4.52. The van der Waals surface area contributed by atoms with E-state index in [1.807, 2.05) is 34.0 Å². The monoisotopic (exact) mass is 434 g/mol. The van der Waals surface area contributed by atoms with E-state index in [0.29, 0.717) is 32.2 Å². The Morgan fingerprint density at radius 3 is 2.65 bits per heavy atom. The van der Waals surface area contributed by atoms with Crippen molar-refractivity contribution in [2.45, 2.75) is 96.4 Å². The van der Waals surface area contributed by atoms with E-state index in [0.717, 1.165) is 12.1 Å². The van der Waals surface area contributed by atoms with Gasteiger partial charge >= 0.3 is 12.1 Å². The number of amides is 1. The third-order valence-corrected chi connectivity index (χ3v) is 5.99. The van der Waals surface area contributed by atoms with Crippen molar-refractivity contribution in [3.05, 3.63) is 18.2 Å². The van der Waals surface area contributed by atoms with Crippen molar-refractivity contribution in [2.75, 3.05) is 19.7 Å². The molecule has 174 valence electrons. The summed E-state index contributed by atoms with van der Waals surface area (Å²) in [6.07, 6.45) is 11.1. The number of rotatable bonds is 7. The van der Waals surface area contributed by atoms with Gasteiger partial charge in [-0.2, -0.15) is 0 Å². The predicted octanol–water partition coefficient (Wildman–Crippen LogP) is 3.46. The van der Waals surface area contributed by atoms with E-state index in [-0.39, 0.29) is 12.0 Å². The molecule has 0 spiro atoms. The highest BCUT2D eigenvalue weighted by molar-refractivity contribution is 5.76. The molecule has 1 saturated carbocycles. The molecule has 2 aliphatic rings. The minimum absolute atomic E-state index is 0.0495. The maximum Gasteiger partial charge on any atom is 0.407 e. The molecule has 1 unspecified atom stereocenters. The molecule has 31 heavy (non-hydrogen) atoms. The highest BCUT2D eigenvalue weighted by atomic mass is 16.6. The lowest BCUT2D eigenvalue weighted by atomic mass is 9.95. The zero-order chi connectivity index (χ0) is 22.4. The maximum atomic E-state index is 12.7. The number of ether oxygens (including phenoxy) is 2. The minimum Gasteiger partial charge on any atom is -0.465 e. The number of likely N-dealkylation sites (tertiary alicyclic amines) is 1. The van der Waals surface area contributed by atoms with Gasteiger partial charge in [-0.1, -0.05) is 19.3 Å². The Balaban J connectivity index is 1.61. The molecule has 8 heteroatoms. The number of imidazole rings is 1. The van der Waals surface area contributed by atoms with Crippen LogP contribution in [0.4, 0.5) is 4.79 Å². The molecule has 0 radical (unpaired) electrons. The Hall–Kier alpha value is -2.09. The molecule has 1 amide bonds. The molecule has 1 aliphatic heterocycles. The number of nitrogens with one attached hydrogen (secondary N) is 1. The first-order valence-corrected chi connectivity index (χ1v) is 11.7. The van der Waals surface area contributed by atoms with Crippen LogP contribution in [0.15, 0.2) is 12.5 Å². The highest BCUT2D eigenvalue weighted by Gasteiger charge is 2.35. The van der Waals surface area contributed by atoms with Crippen molar-refractivity contribution in [1.82, 2.24) is 19.8 Å². The molecule has 1 aromatic rings. The average Bonchev–Trinajstić information content (AvgIpc) is 3.35. The van der Waals surface area contributed by atoms with E-state index in [4.69, 9.17) is 9.47 Å². The third-order valence-electron chi connectivity index (χ3n) is 5.99. The standard InChI is InChI=1S/C23H38N4O4/c1-5-30-21(28)20(13-18-15-27(16-24-18)19-9-7-6-8-10-19)26-12-11-17(14-26)25-22(29)31-23(2,3)4/h15-17,19-20H,5-14H2,1-4H3,(H,25,29)/t17-,20?/m0/s1. The quantitative estimate of drug-likeness (QED) is 0.662. The highest BCUT2D eigenvalue weighted by Crippen LogP contribution is 2.28. The summed E-state index contributed by atoms with van der Waals surface area (Å²) in [6.45, 7) is 9.01. The van der Waals surface area contributed by atoms with Crippen LogP contribution in [-0.4, -0.2) is 63.9 Å². The second kappa shape index (κ2) is 10.5. The summed E-state index contributed by atoms with van der Waals surface area (Å²) < 4.78 is 12.9. The number of alkyl carbamates (subject to hydrolysis) is 1. The van der Waals surface area contributed by atoms with Gasteiger partial charge in [0.15, 0.2) is 0 Å². The van der Waals surface area contributed by atoms with Crippen LogP contribution in [0.3, 0.4) is 0 Å². The van der Waals surface area contributed by atoms with E-state index in [9.17, 15) is 9.59 Å². The number of carbonyl (C=O) groups is 2. The van der Waals surface area contributed by atoms with E-state index in [1.165, 1.54) is 32.1 Å². The number of hydrogen-bond donors (Lipinski definition) is 1. The lowest BCUT2D eigenvalue weighted by Crippen LogP contribution is -2.45. The van der Waals surface area contributed by atoms with Crippen LogP contribution in [0, 0.1) is 0 Å². The van der Waals surface area contributed by atoms with Crippen LogP contribution in [0.2, 0.25) is 0 Å². The summed E-state index contributed by atoms with van der Waals surface area (Å²) in [4.78, 5) is 31.6. The molecule has 0 aromatic carbocycles. The van der Waals surface area contributed by atoms with Crippen LogP contribution >= 0.6 is 0 Å². The second-order valence-corrected chi connectivity index (χ2v) is 9.70. The Morgan fingerprint density at radius 2 is 1.97 bits per heavy atom. The molecular weight excluding hydrogens is 396 g/mol. The van der Waals surface area contributed by atoms with Crippen LogP contribution in [0.25, 0.3) is 0 Å². The van der Waals surface area contributed by atoms with Gasteiger partial charge in [0.2, 0.25) is 0 Å². The van der Waals surface area contributed by atoms with Crippen LogP contribution < -0.4 is 5.32 Å². The topological polar surface area (TPSA) is 85.7 Å². The minimum atomic E-state index is -0.535. The normalized spacial score (nSPS) is 21.6. The van der Waals surface area contributed by atoms with Crippen LogP contribution in [0.5, 0.6) is 0 Å². The first-order chi connectivity index (χ1) is 14.7. The van der Waals surface area contributed by atoms with Crippen molar-refractivity contribution < 1.29 is 19.1 Å². The molecule has 1 N–H and O–H groups in total. The summed E-state index contributed by atoms with van der Waals surface area (Å²) in [5, 5.41) is 2.93. The molecule has 0 bridgehead atoms. The molecular formula is C23H38N4O4. The van der Waals surface area contributed by atoms with E-state index in [2.05, 4.69) is 26.0 Å². The van der Waals surface area contributed by atoms with E-state index >= 15 is 0 Å². The van der Waals surface area contributed by atoms with Gasteiger partial charge in [-0.25, -0.2) is 9.78 Å². The first kappa shape index (κ1) is 23.6. The zero-order valence-corrected chi connectivity index (χ0v) is 19.4.